The van der Waals surface area contributed by atoms with Crippen molar-refractivity contribution in [2.45, 2.75) is 23.1 Å². The van der Waals surface area contributed by atoms with Crippen LogP contribution < -0.4 is 5.32 Å². The number of nitrogens with zero attached hydrogens (tertiary/aromatic N) is 2. The second-order valence-corrected chi connectivity index (χ2v) is 9.46. The summed E-state index contributed by atoms with van der Waals surface area (Å²) >= 11 is 0. The van der Waals surface area contributed by atoms with Gasteiger partial charge in [-0.1, -0.05) is 42.5 Å². The lowest BCUT2D eigenvalue weighted by molar-refractivity contribution is 0.0936. The van der Waals surface area contributed by atoms with E-state index in [2.05, 4.69) is 10.3 Å². The lowest BCUT2D eigenvalue weighted by atomic mass is 10.0. The number of carbonyl (C=O) groups excluding carboxylic acids is 1. The predicted molar refractivity (Wildman–Crippen MR) is 121 cm³/mol. The summed E-state index contributed by atoms with van der Waals surface area (Å²) in [7, 11) is -2.81. The highest BCUT2D eigenvalue weighted by Gasteiger charge is 2.27. The van der Waals surface area contributed by atoms with Gasteiger partial charge < -0.3 is 9.88 Å². The minimum Gasteiger partial charge on any atom is -0.345 e. The number of sulfone groups is 1. The summed E-state index contributed by atoms with van der Waals surface area (Å²) in [6.45, 7) is 0. The zero-order chi connectivity index (χ0) is 23.6. The second kappa shape index (κ2) is 9.11. The summed E-state index contributed by atoms with van der Waals surface area (Å²) in [5.74, 6) is -3.19. The molecule has 6 nitrogen and oxygen atoms in total. The topological polar surface area (TPSA) is 81.1 Å². The molecule has 0 saturated carbocycles. The Morgan fingerprint density at radius 3 is 2.24 bits per heavy atom. The number of para-hydroxylation sites is 2. The summed E-state index contributed by atoms with van der Waals surface area (Å²) in [5.41, 5.74) is 2.86. The summed E-state index contributed by atoms with van der Waals surface area (Å²) in [6, 6.07) is 21.2. The van der Waals surface area contributed by atoms with E-state index in [9.17, 15) is 22.0 Å². The van der Waals surface area contributed by atoms with Crippen molar-refractivity contribution in [3.05, 3.63) is 95.8 Å². The van der Waals surface area contributed by atoms with Crippen molar-refractivity contribution < 1.29 is 22.0 Å². The van der Waals surface area contributed by atoms with E-state index in [4.69, 9.17) is 0 Å². The molecule has 0 aliphatic heterocycles. The molecule has 0 fully saturated rings. The molecule has 1 atom stereocenters. The first-order chi connectivity index (χ1) is 15.8. The molecule has 0 saturated heterocycles. The van der Waals surface area contributed by atoms with Crippen molar-refractivity contribution >= 4 is 26.8 Å². The number of halogens is 2. The molecule has 4 aromatic rings. The van der Waals surface area contributed by atoms with Crippen molar-refractivity contribution in [1.29, 1.82) is 0 Å². The molecule has 33 heavy (non-hydrogen) atoms. The standard InChI is InChI=1S/C24H21F2N3O3S/c1-29-21-10-6-5-9-19(21)27-22(29)15-20(16-7-3-2-4-8-16)28-23(30)17-11-13-18(14-12-17)33(31,32)24(25)26/h2-14,20,24H,15H2,1H3,(H,28,30). The van der Waals surface area contributed by atoms with E-state index in [1.54, 1.807) is 0 Å². The zero-order valence-electron chi connectivity index (χ0n) is 17.7. The Kier molecular flexibility index (Phi) is 6.24. The fraction of sp³-hybridized carbons (Fsp3) is 0.167. The van der Waals surface area contributed by atoms with Gasteiger partial charge in [0.15, 0.2) is 0 Å². The van der Waals surface area contributed by atoms with E-state index >= 15 is 0 Å². The Labute approximate surface area is 189 Å². The lowest BCUT2D eigenvalue weighted by Gasteiger charge is -2.19. The Bertz CT molecular complexity index is 1390. The van der Waals surface area contributed by atoms with Gasteiger partial charge in [0.05, 0.1) is 22.0 Å². The number of imidazole rings is 1. The van der Waals surface area contributed by atoms with Gasteiger partial charge >= 0.3 is 5.76 Å². The predicted octanol–water partition coefficient (Wildman–Crippen LogP) is 4.28. The molecule has 4 rings (SSSR count). The van der Waals surface area contributed by atoms with Crippen LogP contribution in [0.15, 0.2) is 83.8 Å². The highest BCUT2D eigenvalue weighted by atomic mass is 32.2. The molecule has 9 heteroatoms. The number of amides is 1. The van der Waals surface area contributed by atoms with Crippen molar-refractivity contribution in [3.63, 3.8) is 0 Å². The smallest absolute Gasteiger partial charge is 0.341 e. The number of carbonyl (C=O) groups is 1. The molecule has 1 aromatic heterocycles. The van der Waals surface area contributed by atoms with Crippen LogP contribution in [-0.2, 0) is 23.3 Å². The quantitative estimate of drug-likeness (QED) is 0.438. The lowest BCUT2D eigenvalue weighted by Crippen LogP contribution is -2.30. The second-order valence-electron chi connectivity index (χ2n) is 7.55. The third-order valence-corrected chi connectivity index (χ3v) is 6.85. The molecule has 1 heterocycles. The highest BCUT2D eigenvalue weighted by molar-refractivity contribution is 7.91. The number of alkyl halides is 2. The van der Waals surface area contributed by atoms with Gasteiger partial charge in [-0.05, 0) is 42.0 Å². The normalized spacial score (nSPS) is 12.7. The van der Waals surface area contributed by atoms with Gasteiger partial charge in [-0.15, -0.1) is 0 Å². The molecular formula is C24H21F2N3O3S. The molecule has 1 amide bonds. The van der Waals surface area contributed by atoms with E-state index in [1.807, 2.05) is 66.2 Å². The van der Waals surface area contributed by atoms with Crippen molar-refractivity contribution in [2.75, 3.05) is 0 Å². The molecule has 0 radical (unpaired) electrons. The Balaban J connectivity index is 1.61. The molecule has 1 N–H and O–H groups in total. The van der Waals surface area contributed by atoms with Crippen molar-refractivity contribution in [3.8, 4) is 0 Å². The summed E-state index contributed by atoms with van der Waals surface area (Å²) in [5, 5.41) is 2.96. The third-order valence-electron chi connectivity index (χ3n) is 5.45. The monoisotopic (exact) mass is 469 g/mol. The number of aromatic nitrogens is 2. The highest BCUT2D eigenvalue weighted by Crippen LogP contribution is 2.23. The molecule has 3 aromatic carbocycles. The van der Waals surface area contributed by atoms with Crippen LogP contribution in [0.4, 0.5) is 8.78 Å². The van der Waals surface area contributed by atoms with E-state index in [1.165, 1.54) is 12.1 Å². The van der Waals surface area contributed by atoms with Crippen LogP contribution in [0.2, 0.25) is 0 Å². The maximum atomic E-state index is 12.9. The summed E-state index contributed by atoms with van der Waals surface area (Å²) in [6.07, 6.45) is 0.415. The van der Waals surface area contributed by atoms with Crippen molar-refractivity contribution in [2.24, 2.45) is 7.05 Å². The van der Waals surface area contributed by atoms with Gasteiger partial charge in [0.1, 0.15) is 5.82 Å². The van der Waals surface area contributed by atoms with Gasteiger partial charge in [-0.25, -0.2) is 13.4 Å². The number of benzene rings is 3. The van der Waals surface area contributed by atoms with Crippen LogP contribution >= 0.6 is 0 Å². The molecule has 0 bridgehead atoms. The minimum atomic E-state index is -4.72. The van der Waals surface area contributed by atoms with Gasteiger partial charge in [0.25, 0.3) is 5.91 Å². The number of rotatable bonds is 7. The van der Waals surface area contributed by atoms with Crippen LogP contribution in [0.1, 0.15) is 27.8 Å². The van der Waals surface area contributed by atoms with Gasteiger partial charge in [0, 0.05) is 19.0 Å². The van der Waals surface area contributed by atoms with Gasteiger partial charge in [-0.3, -0.25) is 4.79 Å². The summed E-state index contributed by atoms with van der Waals surface area (Å²) < 4.78 is 50.7. The average molecular weight is 470 g/mol. The van der Waals surface area contributed by atoms with Gasteiger partial charge in [-0.2, -0.15) is 8.78 Å². The van der Waals surface area contributed by atoms with E-state index in [0.29, 0.717) is 6.42 Å². The zero-order valence-corrected chi connectivity index (χ0v) is 18.5. The molecular weight excluding hydrogens is 448 g/mol. The average Bonchev–Trinajstić information content (AvgIpc) is 3.14. The molecule has 170 valence electrons. The van der Waals surface area contributed by atoms with Crippen LogP contribution in [0, 0.1) is 0 Å². The van der Waals surface area contributed by atoms with Crippen LogP contribution in [0.25, 0.3) is 11.0 Å². The first-order valence-electron chi connectivity index (χ1n) is 10.2. The Hall–Kier alpha value is -3.59. The minimum absolute atomic E-state index is 0.161. The SMILES string of the molecule is Cn1c(CC(NC(=O)c2ccc(S(=O)(=O)C(F)F)cc2)c2ccccc2)nc2ccccc21. The van der Waals surface area contributed by atoms with Crippen molar-refractivity contribution in [1.82, 2.24) is 14.9 Å². The van der Waals surface area contributed by atoms with E-state index in [0.717, 1.165) is 34.6 Å². The Morgan fingerprint density at radius 2 is 1.61 bits per heavy atom. The number of aryl methyl sites for hydroxylation is 1. The van der Waals surface area contributed by atoms with Crippen LogP contribution in [-0.4, -0.2) is 29.6 Å². The third kappa shape index (κ3) is 4.63. The first-order valence-corrected chi connectivity index (χ1v) is 11.7. The number of nitrogens with one attached hydrogen (secondary N) is 1. The van der Waals surface area contributed by atoms with E-state index in [-0.39, 0.29) is 5.56 Å². The largest absolute Gasteiger partial charge is 0.345 e. The number of hydrogen-bond donors (Lipinski definition) is 1. The first kappa shape index (κ1) is 22.6. The van der Waals surface area contributed by atoms with Crippen LogP contribution in [0.5, 0.6) is 0 Å². The maximum absolute atomic E-state index is 12.9. The fourth-order valence-electron chi connectivity index (χ4n) is 3.64. The van der Waals surface area contributed by atoms with Crippen LogP contribution in [0.3, 0.4) is 0 Å². The van der Waals surface area contributed by atoms with E-state index < -0.39 is 32.4 Å². The summed E-state index contributed by atoms with van der Waals surface area (Å²) in [4.78, 5) is 17.1. The maximum Gasteiger partial charge on any atom is 0.341 e. The molecule has 1 unspecified atom stereocenters. The number of hydrogen-bond acceptors (Lipinski definition) is 4. The number of fused-ring (bicyclic) bond motifs is 1. The fourth-order valence-corrected chi connectivity index (χ4v) is 4.36. The Morgan fingerprint density at radius 1 is 0.970 bits per heavy atom. The molecule has 0 aliphatic rings. The van der Waals surface area contributed by atoms with Gasteiger partial charge in [0.2, 0.25) is 9.84 Å². The molecule has 0 aliphatic carbocycles. The molecule has 0 spiro atoms.